The van der Waals surface area contributed by atoms with Gasteiger partial charge in [-0.25, -0.2) is 0 Å². The Labute approximate surface area is 74.5 Å². The van der Waals surface area contributed by atoms with Gasteiger partial charge in [0, 0.05) is 12.6 Å². The first kappa shape index (κ1) is 8.52. The van der Waals surface area contributed by atoms with Crippen LogP contribution >= 0.6 is 0 Å². The molecule has 0 spiro atoms. The van der Waals surface area contributed by atoms with E-state index in [0.29, 0.717) is 12.1 Å². The molecule has 12 heavy (non-hydrogen) atoms. The molecule has 2 saturated carbocycles. The number of ether oxygens (including phenoxy) is 1. The molecular formula is C10H19NO. The van der Waals surface area contributed by atoms with Gasteiger partial charge in [0.1, 0.15) is 0 Å². The minimum absolute atomic E-state index is 0.317. The first-order chi connectivity index (χ1) is 5.86. The van der Waals surface area contributed by atoms with Crippen LogP contribution in [0, 0.1) is 5.92 Å². The van der Waals surface area contributed by atoms with Crippen LogP contribution in [0.4, 0.5) is 0 Å². The highest BCUT2D eigenvalue weighted by molar-refractivity contribution is 4.80. The summed E-state index contributed by atoms with van der Waals surface area (Å²) in [5, 5.41) is 0. The molecule has 0 bridgehead atoms. The molecule has 0 aliphatic heterocycles. The van der Waals surface area contributed by atoms with E-state index in [0.717, 1.165) is 18.9 Å². The maximum atomic E-state index is 5.96. The zero-order valence-corrected chi connectivity index (χ0v) is 7.67. The van der Waals surface area contributed by atoms with Gasteiger partial charge in [-0.15, -0.1) is 0 Å². The fourth-order valence-electron chi connectivity index (χ4n) is 1.88. The van der Waals surface area contributed by atoms with Crippen LogP contribution in [0.3, 0.4) is 0 Å². The van der Waals surface area contributed by atoms with Gasteiger partial charge in [-0.3, -0.25) is 0 Å². The molecule has 0 heterocycles. The zero-order chi connectivity index (χ0) is 8.39. The quantitative estimate of drug-likeness (QED) is 0.697. The molecule has 0 radical (unpaired) electrons. The Morgan fingerprint density at radius 2 is 1.83 bits per heavy atom. The van der Waals surface area contributed by atoms with Crippen molar-refractivity contribution in [1.82, 2.24) is 0 Å². The molecule has 0 saturated heterocycles. The van der Waals surface area contributed by atoms with Gasteiger partial charge < -0.3 is 10.5 Å². The number of rotatable bonds is 3. The highest BCUT2D eigenvalue weighted by atomic mass is 16.5. The van der Waals surface area contributed by atoms with Gasteiger partial charge in [-0.05, 0) is 31.6 Å². The third kappa shape index (κ3) is 2.20. The first-order valence-electron chi connectivity index (χ1n) is 5.23. The van der Waals surface area contributed by atoms with Crippen molar-refractivity contribution in [2.24, 2.45) is 11.7 Å². The molecule has 2 aliphatic rings. The third-order valence-corrected chi connectivity index (χ3v) is 3.00. The third-order valence-electron chi connectivity index (χ3n) is 3.00. The minimum Gasteiger partial charge on any atom is -0.376 e. The molecule has 2 atom stereocenters. The Hall–Kier alpha value is -0.0800. The second kappa shape index (κ2) is 3.75. The maximum Gasteiger partial charge on any atom is 0.0726 e. The smallest absolute Gasteiger partial charge is 0.0726 e. The predicted octanol–water partition coefficient (Wildman–Crippen LogP) is 1.68. The van der Waals surface area contributed by atoms with Crippen molar-refractivity contribution in [2.75, 3.05) is 6.61 Å². The van der Waals surface area contributed by atoms with E-state index in [1.54, 1.807) is 0 Å². The van der Waals surface area contributed by atoms with Gasteiger partial charge in [-0.1, -0.05) is 12.8 Å². The number of hydrogen-bond acceptors (Lipinski definition) is 2. The summed E-state index contributed by atoms with van der Waals surface area (Å²) < 4.78 is 5.79. The normalized spacial score (nSPS) is 36.8. The number of nitrogens with two attached hydrogens (primary N) is 1. The lowest BCUT2D eigenvalue weighted by Crippen LogP contribution is -2.39. The molecule has 2 rings (SSSR count). The van der Waals surface area contributed by atoms with E-state index in [9.17, 15) is 0 Å². The van der Waals surface area contributed by atoms with Gasteiger partial charge in [0.2, 0.25) is 0 Å². The summed E-state index contributed by atoms with van der Waals surface area (Å²) >= 11 is 0. The van der Waals surface area contributed by atoms with E-state index < -0.39 is 0 Å². The second-order valence-corrected chi connectivity index (χ2v) is 4.26. The largest absolute Gasteiger partial charge is 0.376 e. The van der Waals surface area contributed by atoms with Gasteiger partial charge in [0.15, 0.2) is 0 Å². The van der Waals surface area contributed by atoms with Crippen molar-refractivity contribution in [1.29, 1.82) is 0 Å². The summed E-state index contributed by atoms with van der Waals surface area (Å²) in [6.07, 6.45) is 8.08. The Balaban J connectivity index is 1.68. The summed E-state index contributed by atoms with van der Waals surface area (Å²) in [4.78, 5) is 0. The van der Waals surface area contributed by atoms with Crippen LogP contribution in [0.5, 0.6) is 0 Å². The first-order valence-corrected chi connectivity index (χ1v) is 5.23. The SMILES string of the molecule is N[C@@H]1CCCC[C@@H]1OCC1CC1. The Morgan fingerprint density at radius 3 is 2.50 bits per heavy atom. The van der Waals surface area contributed by atoms with Crippen molar-refractivity contribution in [3.63, 3.8) is 0 Å². The van der Waals surface area contributed by atoms with Crippen molar-refractivity contribution < 1.29 is 4.74 Å². The van der Waals surface area contributed by atoms with E-state index in [1.807, 2.05) is 0 Å². The Kier molecular flexibility index (Phi) is 2.66. The molecular weight excluding hydrogens is 150 g/mol. The Morgan fingerprint density at radius 1 is 1.08 bits per heavy atom. The fourth-order valence-corrected chi connectivity index (χ4v) is 1.88. The molecule has 0 aromatic heterocycles. The molecule has 2 fully saturated rings. The zero-order valence-electron chi connectivity index (χ0n) is 7.67. The summed E-state index contributed by atoms with van der Waals surface area (Å²) in [5.41, 5.74) is 5.96. The van der Waals surface area contributed by atoms with Crippen LogP contribution < -0.4 is 5.73 Å². The van der Waals surface area contributed by atoms with Crippen LogP contribution in [0.1, 0.15) is 38.5 Å². The monoisotopic (exact) mass is 169 g/mol. The summed E-state index contributed by atoms with van der Waals surface area (Å²) in [6.45, 7) is 0.971. The molecule has 0 aromatic rings. The molecule has 0 aromatic carbocycles. The van der Waals surface area contributed by atoms with Gasteiger partial charge >= 0.3 is 0 Å². The summed E-state index contributed by atoms with van der Waals surface area (Å²) in [7, 11) is 0. The lowest BCUT2D eigenvalue weighted by Gasteiger charge is -2.28. The van der Waals surface area contributed by atoms with Crippen molar-refractivity contribution in [3.8, 4) is 0 Å². The lowest BCUT2D eigenvalue weighted by atomic mass is 9.93. The predicted molar refractivity (Wildman–Crippen MR) is 48.9 cm³/mol. The molecule has 2 nitrogen and oxygen atoms in total. The molecule has 0 unspecified atom stereocenters. The minimum atomic E-state index is 0.317. The average molecular weight is 169 g/mol. The Bertz CT molecular complexity index is 145. The molecule has 0 amide bonds. The van der Waals surface area contributed by atoms with Gasteiger partial charge in [-0.2, -0.15) is 0 Å². The average Bonchev–Trinajstić information content (AvgIpc) is 2.86. The highest BCUT2D eigenvalue weighted by Crippen LogP contribution is 2.30. The van der Waals surface area contributed by atoms with Gasteiger partial charge in [0.05, 0.1) is 6.10 Å². The van der Waals surface area contributed by atoms with Crippen molar-refractivity contribution >= 4 is 0 Å². The van der Waals surface area contributed by atoms with E-state index in [4.69, 9.17) is 10.5 Å². The fraction of sp³-hybridized carbons (Fsp3) is 1.00. The number of hydrogen-bond donors (Lipinski definition) is 1. The topological polar surface area (TPSA) is 35.2 Å². The standard InChI is InChI=1S/C10H19NO/c11-9-3-1-2-4-10(9)12-7-8-5-6-8/h8-10H,1-7,11H2/t9-,10+/m1/s1. The van der Waals surface area contributed by atoms with E-state index in [2.05, 4.69) is 0 Å². The van der Waals surface area contributed by atoms with Crippen LogP contribution in [0.15, 0.2) is 0 Å². The van der Waals surface area contributed by atoms with Crippen LogP contribution in [0.2, 0.25) is 0 Å². The summed E-state index contributed by atoms with van der Waals surface area (Å²) in [5.74, 6) is 0.874. The molecule has 2 heteroatoms. The highest BCUT2D eigenvalue weighted by Gasteiger charge is 2.26. The van der Waals surface area contributed by atoms with Crippen LogP contribution in [-0.4, -0.2) is 18.8 Å². The van der Waals surface area contributed by atoms with Crippen molar-refractivity contribution in [3.05, 3.63) is 0 Å². The van der Waals surface area contributed by atoms with E-state index in [-0.39, 0.29) is 0 Å². The molecule has 2 aliphatic carbocycles. The lowest BCUT2D eigenvalue weighted by molar-refractivity contribution is 0.00939. The summed E-state index contributed by atoms with van der Waals surface area (Å²) in [6, 6.07) is 0.317. The van der Waals surface area contributed by atoms with Crippen molar-refractivity contribution in [2.45, 2.75) is 50.7 Å². The van der Waals surface area contributed by atoms with Crippen LogP contribution in [-0.2, 0) is 4.74 Å². The maximum absolute atomic E-state index is 5.96. The van der Waals surface area contributed by atoms with Crippen LogP contribution in [0.25, 0.3) is 0 Å². The van der Waals surface area contributed by atoms with Gasteiger partial charge in [0.25, 0.3) is 0 Å². The van der Waals surface area contributed by atoms with E-state index >= 15 is 0 Å². The molecule has 2 N–H and O–H groups in total. The second-order valence-electron chi connectivity index (χ2n) is 4.26. The van der Waals surface area contributed by atoms with E-state index in [1.165, 1.54) is 32.1 Å². The molecule has 70 valence electrons.